The predicted molar refractivity (Wildman–Crippen MR) is 76.6 cm³/mol. The Hall–Kier alpha value is -2.47. The Labute approximate surface area is 121 Å². The summed E-state index contributed by atoms with van der Waals surface area (Å²) >= 11 is 0. The lowest BCUT2D eigenvalue weighted by molar-refractivity contribution is 0.229. The van der Waals surface area contributed by atoms with E-state index in [1.165, 1.54) is 0 Å². The van der Waals surface area contributed by atoms with Gasteiger partial charge in [0.15, 0.2) is 5.82 Å². The molecule has 1 aromatic carbocycles. The van der Waals surface area contributed by atoms with Gasteiger partial charge in [-0.2, -0.15) is 10.1 Å². The standard InChI is InChI=1S/C15H15N5O/c16-15(6-2-7-15)14-18-13(21-19-14)11-4-1-5-12(10-11)20-9-3-8-17-20/h1,3-5,8-10H,2,6-7,16H2. The molecular weight excluding hydrogens is 266 g/mol. The van der Waals surface area contributed by atoms with E-state index in [-0.39, 0.29) is 0 Å². The lowest BCUT2D eigenvalue weighted by atomic mass is 9.77. The van der Waals surface area contributed by atoms with Crippen molar-refractivity contribution < 1.29 is 4.52 Å². The Morgan fingerprint density at radius 3 is 2.86 bits per heavy atom. The number of benzene rings is 1. The third-order valence-electron chi connectivity index (χ3n) is 3.98. The zero-order valence-electron chi connectivity index (χ0n) is 11.4. The van der Waals surface area contributed by atoms with E-state index in [0.717, 1.165) is 30.5 Å². The Morgan fingerprint density at radius 2 is 2.14 bits per heavy atom. The van der Waals surface area contributed by atoms with Gasteiger partial charge >= 0.3 is 0 Å². The van der Waals surface area contributed by atoms with Gasteiger partial charge in [-0.1, -0.05) is 11.2 Å². The van der Waals surface area contributed by atoms with Crippen LogP contribution in [0.2, 0.25) is 0 Å². The molecule has 6 heteroatoms. The molecule has 3 aromatic rings. The molecule has 0 atom stereocenters. The summed E-state index contributed by atoms with van der Waals surface area (Å²) in [7, 11) is 0. The molecule has 2 N–H and O–H groups in total. The van der Waals surface area contributed by atoms with Crippen molar-refractivity contribution in [2.45, 2.75) is 24.8 Å². The molecule has 1 saturated carbocycles. The van der Waals surface area contributed by atoms with E-state index in [9.17, 15) is 0 Å². The highest BCUT2D eigenvalue weighted by atomic mass is 16.5. The van der Waals surface area contributed by atoms with Gasteiger partial charge in [0.2, 0.25) is 0 Å². The van der Waals surface area contributed by atoms with Gasteiger partial charge in [-0.3, -0.25) is 0 Å². The predicted octanol–water partition coefficient (Wildman–Crippen LogP) is 2.26. The first kappa shape index (κ1) is 12.3. The molecule has 0 unspecified atom stereocenters. The topological polar surface area (TPSA) is 82.8 Å². The summed E-state index contributed by atoms with van der Waals surface area (Å²) in [6.45, 7) is 0. The van der Waals surface area contributed by atoms with Crippen LogP contribution in [0, 0.1) is 0 Å². The molecule has 2 heterocycles. The molecule has 6 nitrogen and oxygen atoms in total. The van der Waals surface area contributed by atoms with E-state index in [4.69, 9.17) is 10.3 Å². The van der Waals surface area contributed by atoms with Crippen molar-refractivity contribution in [1.29, 1.82) is 0 Å². The molecule has 0 spiro atoms. The minimum Gasteiger partial charge on any atom is -0.334 e. The second-order valence-electron chi connectivity index (χ2n) is 5.43. The summed E-state index contributed by atoms with van der Waals surface area (Å²) in [5, 5.41) is 8.26. The van der Waals surface area contributed by atoms with Gasteiger partial charge in [0.05, 0.1) is 11.2 Å². The van der Waals surface area contributed by atoms with Crippen LogP contribution in [0.25, 0.3) is 17.1 Å². The van der Waals surface area contributed by atoms with Gasteiger partial charge in [-0.15, -0.1) is 0 Å². The van der Waals surface area contributed by atoms with Crippen molar-refractivity contribution in [3.8, 4) is 17.1 Å². The molecule has 2 aromatic heterocycles. The van der Waals surface area contributed by atoms with Crippen LogP contribution in [0.3, 0.4) is 0 Å². The molecule has 1 aliphatic rings. The molecule has 0 bridgehead atoms. The Kier molecular flexibility index (Phi) is 2.65. The van der Waals surface area contributed by atoms with Gasteiger partial charge in [0.1, 0.15) is 0 Å². The van der Waals surface area contributed by atoms with E-state index in [2.05, 4.69) is 15.2 Å². The number of nitrogens with zero attached hydrogens (tertiary/aromatic N) is 4. The summed E-state index contributed by atoms with van der Waals surface area (Å²) in [5.41, 5.74) is 7.64. The van der Waals surface area contributed by atoms with Gasteiger partial charge in [-0.05, 0) is 43.5 Å². The minimum atomic E-state index is -0.401. The van der Waals surface area contributed by atoms with Gasteiger partial charge in [0.25, 0.3) is 5.89 Å². The number of nitrogens with two attached hydrogens (primary N) is 1. The molecule has 1 aliphatic carbocycles. The zero-order chi connectivity index (χ0) is 14.3. The molecule has 0 aliphatic heterocycles. The molecule has 4 rings (SSSR count). The first-order valence-corrected chi connectivity index (χ1v) is 6.98. The summed E-state index contributed by atoms with van der Waals surface area (Å²) < 4.78 is 7.16. The van der Waals surface area contributed by atoms with E-state index in [1.54, 1.807) is 10.9 Å². The van der Waals surface area contributed by atoms with E-state index in [0.29, 0.717) is 11.7 Å². The molecule has 21 heavy (non-hydrogen) atoms. The highest BCUT2D eigenvalue weighted by Gasteiger charge is 2.39. The Bertz CT molecular complexity index is 758. The Balaban J connectivity index is 1.69. The maximum atomic E-state index is 6.22. The van der Waals surface area contributed by atoms with Crippen molar-refractivity contribution in [3.05, 3.63) is 48.5 Å². The van der Waals surface area contributed by atoms with E-state index in [1.807, 2.05) is 36.5 Å². The fourth-order valence-electron chi connectivity index (χ4n) is 2.53. The van der Waals surface area contributed by atoms with Crippen LogP contribution in [0.5, 0.6) is 0 Å². The van der Waals surface area contributed by atoms with Crippen molar-refractivity contribution in [1.82, 2.24) is 19.9 Å². The average molecular weight is 281 g/mol. The first-order valence-electron chi connectivity index (χ1n) is 6.98. The summed E-state index contributed by atoms with van der Waals surface area (Å²) in [6, 6.07) is 9.71. The van der Waals surface area contributed by atoms with Crippen LogP contribution in [-0.4, -0.2) is 19.9 Å². The van der Waals surface area contributed by atoms with Crippen molar-refractivity contribution >= 4 is 0 Å². The number of aromatic nitrogens is 4. The monoisotopic (exact) mass is 281 g/mol. The number of rotatable bonds is 3. The van der Waals surface area contributed by atoms with Crippen LogP contribution in [0.1, 0.15) is 25.1 Å². The smallest absolute Gasteiger partial charge is 0.258 e. The normalized spacial score (nSPS) is 16.6. The average Bonchev–Trinajstić information content (AvgIpc) is 3.16. The fraction of sp³-hybridized carbons (Fsp3) is 0.267. The first-order chi connectivity index (χ1) is 10.2. The molecule has 0 amide bonds. The molecule has 0 radical (unpaired) electrons. The number of hydrogen-bond acceptors (Lipinski definition) is 5. The van der Waals surface area contributed by atoms with Crippen LogP contribution >= 0.6 is 0 Å². The van der Waals surface area contributed by atoms with Crippen molar-refractivity contribution in [2.75, 3.05) is 0 Å². The summed E-state index contributed by atoms with van der Waals surface area (Å²) in [6.07, 6.45) is 6.58. The third-order valence-corrected chi connectivity index (χ3v) is 3.98. The molecule has 0 saturated heterocycles. The van der Waals surface area contributed by atoms with Gasteiger partial charge < -0.3 is 10.3 Å². The second-order valence-corrected chi connectivity index (χ2v) is 5.43. The van der Waals surface area contributed by atoms with Crippen LogP contribution in [0.4, 0.5) is 0 Å². The maximum absolute atomic E-state index is 6.22. The number of hydrogen-bond donors (Lipinski definition) is 1. The van der Waals surface area contributed by atoms with Crippen LogP contribution in [0.15, 0.2) is 47.2 Å². The zero-order valence-corrected chi connectivity index (χ0v) is 11.4. The minimum absolute atomic E-state index is 0.401. The van der Waals surface area contributed by atoms with Crippen molar-refractivity contribution in [3.63, 3.8) is 0 Å². The van der Waals surface area contributed by atoms with E-state index >= 15 is 0 Å². The highest BCUT2D eigenvalue weighted by Crippen LogP contribution is 2.37. The van der Waals surface area contributed by atoms with Gasteiger partial charge in [0, 0.05) is 18.0 Å². The highest BCUT2D eigenvalue weighted by molar-refractivity contribution is 5.57. The second kappa shape index (κ2) is 4.53. The van der Waals surface area contributed by atoms with Gasteiger partial charge in [-0.25, -0.2) is 4.68 Å². The lowest BCUT2D eigenvalue weighted by Crippen LogP contribution is -2.44. The third kappa shape index (κ3) is 2.04. The SMILES string of the molecule is NC1(c2noc(-c3cccc(-n4cccn4)c3)n2)CCC1. The van der Waals surface area contributed by atoms with E-state index < -0.39 is 5.54 Å². The fourth-order valence-corrected chi connectivity index (χ4v) is 2.53. The maximum Gasteiger partial charge on any atom is 0.258 e. The Morgan fingerprint density at radius 1 is 1.24 bits per heavy atom. The van der Waals surface area contributed by atoms with Crippen LogP contribution in [-0.2, 0) is 5.54 Å². The molecule has 106 valence electrons. The molecule has 1 fully saturated rings. The molecular formula is C15H15N5O. The van der Waals surface area contributed by atoms with Crippen LogP contribution < -0.4 is 5.73 Å². The summed E-state index contributed by atoms with van der Waals surface area (Å²) in [5.74, 6) is 1.10. The quantitative estimate of drug-likeness (QED) is 0.796. The summed E-state index contributed by atoms with van der Waals surface area (Å²) in [4.78, 5) is 4.46. The lowest BCUT2D eigenvalue weighted by Gasteiger charge is -2.34. The van der Waals surface area contributed by atoms with Crippen molar-refractivity contribution in [2.24, 2.45) is 5.73 Å². The largest absolute Gasteiger partial charge is 0.334 e.